The minimum Gasteiger partial charge on any atom is -0.481 e. The second kappa shape index (κ2) is 8.41. The van der Waals surface area contributed by atoms with E-state index in [2.05, 4.69) is 10.4 Å². The Bertz CT molecular complexity index is 513. The zero-order valence-electron chi connectivity index (χ0n) is 13.8. The predicted octanol–water partition coefficient (Wildman–Crippen LogP) is 1.90. The third kappa shape index (κ3) is 5.38. The minimum atomic E-state index is -0.896. The lowest BCUT2D eigenvalue weighted by molar-refractivity contribution is -0.137. The van der Waals surface area contributed by atoms with E-state index in [-0.39, 0.29) is 18.5 Å². The molecule has 0 spiro atoms. The van der Waals surface area contributed by atoms with E-state index in [9.17, 15) is 9.59 Å². The lowest BCUT2D eigenvalue weighted by Gasteiger charge is -2.22. The van der Waals surface area contributed by atoms with Crippen molar-refractivity contribution in [3.05, 3.63) is 17.5 Å². The summed E-state index contributed by atoms with van der Waals surface area (Å²) in [7, 11) is 3.55. The molecule has 1 rings (SSSR count). The van der Waals surface area contributed by atoms with Gasteiger partial charge >= 0.3 is 12.0 Å². The van der Waals surface area contributed by atoms with Gasteiger partial charge in [0.15, 0.2) is 0 Å². The number of urea groups is 1. The molecule has 1 heterocycles. The van der Waals surface area contributed by atoms with Crippen LogP contribution in [0.4, 0.5) is 4.79 Å². The van der Waals surface area contributed by atoms with Crippen LogP contribution in [0.2, 0.25) is 0 Å². The van der Waals surface area contributed by atoms with Crippen LogP contribution in [0.3, 0.4) is 0 Å². The largest absolute Gasteiger partial charge is 0.481 e. The molecule has 2 N–H and O–H groups in total. The molecule has 7 heteroatoms. The van der Waals surface area contributed by atoms with E-state index in [0.29, 0.717) is 13.0 Å². The molecular formula is C15H26N4O3. The van der Waals surface area contributed by atoms with Gasteiger partial charge in [-0.15, -0.1) is 0 Å². The highest BCUT2D eigenvalue weighted by molar-refractivity contribution is 5.75. The van der Waals surface area contributed by atoms with Gasteiger partial charge in [-0.3, -0.25) is 9.48 Å². The second-order valence-corrected chi connectivity index (χ2v) is 5.62. The first-order chi connectivity index (χ1) is 10.3. The smallest absolute Gasteiger partial charge is 0.317 e. The lowest BCUT2D eigenvalue weighted by Crippen LogP contribution is -2.43. The van der Waals surface area contributed by atoms with E-state index in [4.69, 9.17) is 5.11 Å². The maximum Gasteiger partial charge on any atom is 0.317 e. The molecule has 0 aliphatic heterocycles. The van der Waals surface area contributed by atoms with Gasteiger partial charge in [0.2, 0.25) is 0 Å². The molecule has 2 amide bonds. The summed E-state index contributed by atoms with van der Waals surface area (Å²) in [5, 5.41) is 15.9. The molecule has 0 saturated heterocycles. The zero-order chi connectivity index (χ0) is 16.7. The molecule has 0 saturated carbocycles. The number of hydrogen-bond acceptors (Lipinski definition) is 3. The van der Waals surface area contributed by atoms with Gasteiger partial charge in [0.25, 0.3) is 0 Å². The Labute approximate surface area is 131 Å². The van der Waals surface area contributed by atoms with Crippen molar-refractivity contribution in [3.8, 4) is 0 Å². The molecule has 0 aliphatic rings. The molecule has 0 fully saturated rings. The van der Waals surface area contributed by atoms with Crippen molar-refractivity contribution in [2.45, 2.75) is 52.1 Å². The Morgan fingerprint density at radius 2 is 2.18 bits per heavy atom. The number of carboxylic acid groups (broad SMARTS) is 1. The van der Waals surface area contributed by atoms with Crippen LogP contribution >= 0.6 is 0 Å². The van der Waals surface area contributed by atoms with Gasteiger partial charge in [0, 0.05) is 31.4 Å². The van der Waals surface area contributed by atoms with Crippen molar-refractivity contribution < 1.29 is 14.7 Å². The summed E-state index contributed by atoms with van der Waals surface area (Å²) in [5.41, 5.74) is 1.98. The first-order valence-corrected chi connectivity index (χ1v) is 7.56. The first kappa shape index (κ1) is 18.0. The van der Waals surface area contributed by atoms with Crippen LogP contribution in [0.5, 0.6) is 0 Å². The van der Waals surface area contributed by atoms with Crippen LogP contribution < -0.4 is 5.32 Å². The molecule has 0 aromatic carbocycles. The van der Waals surface area contributed by atoms with E-state index in [1.54, 1.807) is 22.8 Å². The van der Waals surface area contributed by atoms with Gasteiger partial charge in [-0.05, 0) is 13.3 Å². The zero-order valence-corrected chi connectivity index (χ0v) is 13.8. The molecule has 0 bridgehead atoms. The second-order valence-electron chi connectivity index (χ2n) is 5.62. The summed E-state index contributed by atoms with van der Waals surface area (Å²) in [6.07, 6.45) is 4.23. The summed E-state index contributed by atoms with van der Waals surface area (Å²) in [5.74, 6) is -0.896. The van der Waals surface area contributed by atoms with Gasteiger partial charge in [-0.2, -0.15) is 5.10 Å². The number of unbranched alkanes of at least 4 members (excludes halogenated alkanes) is 1. The molecule has 1 aromatic heterocycles. The number of nitrogens with one attached hydrogen (secondary N) is 1. The summed E-state index contributed by atoms with van der Waals surface area (Å²) in [6.45, 7) is 4.43. The number of nitrogens with zero attached hydrogens (tertiary/aromatic N) is 3. The van der Waals surface area contributed by atoms with Gasteiger partial charge in [-0.25, -0.2) is 4.79 Å². The molecule has 7 nitrogen and oxygen atoms in total. The molecule has 1 atom stereocenters. The van der Waals surface area contributed by atoms with Crippen LogP contribution in [-0.2, 0) is 18.4 Å². The third-order valence-electron chi connectivity index (χ3n) is 3.75. The van der Waals surface area contributed by atoms with Crippen molar-refractivity contribution in [2.75, 3.05) is 7.05 Å². The highest BCUT2D eigenvalue weighted by atomic mass is 16.4. The number of aromatic nitrogens is 2. The predicted molar refractivity (Wildman–Crippen MR) is 83.5 cm³/mol. The van der Waals surface area contributed by atoms with Crippen LogP contribution in [0, 0.1) is 6.92 Å². The topological polar surface area (TPSA) is 87.5 Å². The number of carbonyl (C=O) groups is 2. The van der Waals surface area contributed by atoms with Gasteiger partial charge in [0.1, 0.15) is 0 Å². The highest BCUT2D eigenvalue weighted by Crippen LogP contribution is 2.10. The molecule has 0 unspecified atom stereocenters. The first-order valence-electron chi connectivity index (χ1n) is 7.56. The monoisotopic (exact) mass is 310 g/mol. The van der Waals surface area contributed by atoms with Crippen LogP contribution in [0.25, 0.3) is 0 Å². The Hall–Kier alpha value is -2.05. The van der Waals surface area contributed by atoms with E-state index in [0.717, 1.165) is 24.1 Å². The van der Waals surface area contributed by atoms with Crippen molar-refractivity contribution in [1.29, 1.82) is 0 Å². The van der Waals surface area contributed by atoms with Crippen molar-refractivity contribution >= 4 is 12.0 Å². The fourth-order valence-corrected chi connectivity index (χ4v) is 2.20. The Kier molecular flexibility index (Phi) is 6.88. The highest BCUT2D eigenvalue weighted by Gasteiger charge is 2.18. The Balaban J connectivity index is 2.60. The van der Waals surface area contributed by atoms with Gasteiger partial charge in [-0.1, -0.05) is 19.8 Å². The van der Waals surface area contributed by atoms with E-state index in [1.165, 1.54) is 0 Å². The maximum absolute atomic E-state index is 12.2. The van der Waals surface area contributed by atoms with Crippen molar-refractivity contribution in [3.63, 3.8) is 0 Å². The number of carbonyl (C=O) groups excluding carboxylic acids is 1. The molecular weight excluding hydrogens is 284 g/mol. The SMILES string of the molecule is CCCC[C@@H](CC(=O)O)NC(=O)N(C)Cc1cnn(C)c1C. The summed E-state index contributed by atoms with van der Waals surface area (Å²) in [6, 6.07) is -0.590. The molecule has 22 heavy (non-hydrogen) atoms. The molecule has 0 radical (unpaired) electrons. The summed E-state index contributed by atoms with van der Waals surface area (Å²) < 4.78 is 1.76. The molecule has 1 aromatic rings. The lowest BCUT2D eigenvalue weighted by atomic mass is 10.1. The Morgan fingerprint density at radius 3 is 2.68 bits per heavy atom. The fourth-order valence-electron chi connectivity index (χ4n) is 2.20. The number of carboxylic acids is 1. The van der Waals surface area contributed by atoms with E-state index in [1.807, 2.05) is 20.9 Å². The van der Waals surface area contributed by atoms with Gasteiger partial charge in [0.05, 0.1) is 19.2 Å². The van der Waals surface area contributed by atoms with Crippen molar-refractivity contribution in [1.82, 2.24) is 20.0 Å². The van der Waals surface area contributed by atoms with E-state index >= 15 is 0 Å². The average molecular weight is 310 g/mol. The minimum absolute atomic E-state index is 0.0501. The number of aliphatic carboxylic acids is 1. The van der Waals surface area contributed by atoms with E-state index < -0.39 is 5.97 Å². The number of rotatable bonds is 8. The Morgan fingerprint density at radius 1 is 1.50 bits per heavy atom. The fraction of sp³-hybridized carbons (Fsp3) is 0.667. The van der Waals surface area contributed by atoms with Crippen LogP contribution in [-0.4, -0.2) is 44.9 Å². The van der Waals surface area contributed by atoms with Crippen LogP contribution in [0.1, 0.15) is 43.9 Å². The number of amides is 2. The summed E-state index contributed by atoms with van der Waals surface area (Å²) in [4.78, 5) is 24.6. The van der Waals surface area contributed by atoms with Crippen LogP contribution in [0.15, 0.2) is 6.20 Å². The third-order valence-corrected chi connectivity index (χ3v) is 3.75. The molecule has 0 aliphatic carbocycles. The molecule has 124 valence electrons. The number of aryl methyl sites for hydroxylation is 1. The summed E-state index contributed by atoms with van der Waals surface area (Å²) >= 11 is 0. The quantitative estimate of drug-likeness (QED) is 0.767. The van der Waals surface area contributed by atoms with Crippen molar-refractivity contribution in [2.24, 2.45) is 7.05 Å². The van der Waals surface area contributed by atoms with Gasteiger partial charge < -0.3 is 15.3 Å². The average Bonchev–Trinajstić information content (AvgIpc) is 2.76. The standard InChI is InChI=1S/C15H26N4O3/c1-5-6-7-13(8-14(20)21)17-15(22)18(3)10-12-9-16-19(4)11(12)2/h9,13H,5-8,10H2,1-4H3,(H,17,22)(H,20,21)/t13-/m0/s1. The normalized spacial score (nSPS) is 12.0. The number of hydrogen-bond donors (Lipinski definition) is 2. The maximum atomic E-state index is 12.2.